The molecule has 0 aliphatic carbocycles. The number of aryl methyl sites for hydroxylation is 1. The lowest BCUT2D eigenvalue weighted by Crippen LogP contribution is -2.46. The zero-order valence-electron chi connectivity index (χ0n) is 24.3. The number of nitrogens with zero attached hydrogens (tertiary/aromatic N) is 3. The van der Waals surface area contributed by atoms with Gasteiger partial charge in [-0.3, -0.25) is 14.6 Å². The summed E-state index contributed by atoms with van der Waals surface area (Å²) in [6, 6.07) is 24.8. The van der Waals surface area contributed by atoms with Crippen molar-refractivity contribution < 1.29 is 9.59 Å². The molecule has 7 nitrogen and oxygen atoms in total. The van der Waals surface area contributed by atoms with Crippen molar-refractivity contribution in [3.8, 4) is 0 Å². The molecular formula is C33H43N5O2. The fourth-order valence-corrected chi connectivity index (χ4v) is 5.65. The number of unbranched alkanes of at least 4 members (excludes halogenated alkanes) is 1. The third-order valence-corrected chi connectivity index (χ3v) is 7.78. The lowest BCUT2D eigenvalue weighted by Gasteiger charge is -2.38. The smallest absolute Gasteiger partial charge is 0.319 e. The Morgan fingerprint density at radius 2 is 1.55 bits per heavy atom. The van der Waals surface area contributed by atoms with Crippen LogP contribution in [0.2, 0.25) is 0 Å². The average Bonchev–Trinajstić information content (AvgIpc) is 2.95. The Kier molecular flexibility index (Phi) is 9.83. The third kappa shape index (κ3) is 6.83. The van der Waals surface area contributed by atoms with Gasteiger partial charge in [0.05, 0.1) is 17.3 Å². The molecule has 3 N–H and O–H groups in total. The number of likely N-dealkylation sites (tertiary alicyclic amines) is 1. The maximum absolute atomic E-state index is 13.8. The molecule has 3 amide bonds. The normalized spacial score (nSPS) is 14.2. The number of piperidine rings is 1. The molecule has 212 valence electrons. The second kappa shape index (κ2) is 13.5. The Morgan fingerprint density at radius 3 is 2.05 bits per heavy atom. The third-order valence-electron chi connectivity index (χ3n) is 7.78. The van der Waals surface area contributed by atoms with E-state index in [9.17, 15) is 9.59 Å². The predicted octanol–water partition coefficient (Wildman–Crippen LogP) is 5.73. The molecule has 0 unspecified atom stereocenters. The first-order chi connectivity index (χ1) is 19.3. The Hall–Kier alpha value is -3.84. The molecule has 3 aromatic carbocycles. The van der Waals surface area contributed by atoms with Gasteiger partial charge in [-0.25, -0.2) is 4.79 Å². The van der Waals surface area contributed by atoms with Gasteiger partial charge in [-0.1, -0.05) is 74.0 Å². The number of primary amides is 1. The van der Waals surface area contributed by atoms with Crippen molar-refractivity contribution >= 4 is 23.3 Å². The van der Waals surface area contributed by atoms with E-state index in [0.29, 0.717) is 17.8 Å². The molecule has 0 radical (unpaired) electrons. The van der Waals surface area contributed by atoms with Gasteiger partial charge in [0.25, 0.3) is 5.91 Å². The minimum absolute atomic E-state index is 0.0461. The van der Waals surface area contributed by atoms with Crippen molar-refractivity contribution in [2.75, 3.05) is 43.5 Å². The predicted molar refractivity (Wildman–Crippen MR) is 164 cm³/mol. The van der Waals surface area contributed by atoms with E-state index in [2.05, 4.69) is 77.8 Å². The molecule has 0 bridgehead atoms. The van der Waals surface area contributed by atoms with Gasteiger partial charge in [0.1, 0.15) is 0 Å². The van der Waals surface area contributed by atoms with Gasteiger partial charge < -0.3 is 16.0 Å². The Balaban J connectivity index is 1.54. The van der Waals surface area contributed by atoms with Crippen LogP contribution in [0, 0.1) is 6.92 Å². The van der Waals surface area contributed by atoms with E-state index in [-0.39, 0.29) is 18.0 Å². The summed E-state index contributed by atoms with van der Waals surface area (Å²) in [7, 11) is 3.90. The summed E-state index contributed by atoms with van der Waals surface area (Å²) >= 11 is 0. The first kappa shape index (κ1) is 29.2. The number of hydrogen-bond donors (Lipinski definition) is 2. The highest BCUT2D eigenvalue weighted by Gasteiger charge is 2.30. The van der Waals surface area contributed by atoms with Gasteiger partial charge in [-0.05, 0) is 55.0 Å². The molecule has 40 heavy (non-hydrogen) atoms. The van der Waals surface area contributed by atoms with Crippen LogP contribution in [0.3, 0.4) is 0 Å². The second-order valence-corrected chi connectivity index (χ2v) is 10.9. The molecule has 1 fully saturated rings. The quantitative estimate of drug-likeness (QED) is 0.343. The van der Waals surface area contributed by atoms with E-state index in [0.717, 1.165) is 50.0 Å². The highest BCUT2D eigenvalue weighted by Crippen LogP contribution is 2.33. The Morgan fingerprint density at radius 1 is 0.975 bits per heavy atom. The Bertz CT molecular complexity index is 1230. The van der Waals surface area contributed by atoms with E-state index in [1.807, 2.05) is 38.1 Å². The zero-order valence-corrected chi connectivity index (χ0v) is 24.3. The molecule has 4 rings (SSSR count). The number of anilines is 2. The first-order valence-corrected chi connectivity index (χ1v) is 14.3. The van der Waals surface area contributed by atoms with E-state index < -0.39 is 6.03 Å². The molecule has 1 aliphatic rings. The van der Waals surface area contributed by atoms with Crippen LogP contribution in [0.5, 0.6) is 0 Å². The number of nitrogens with one attached hydrogen (secondary N) is 1. The van der Waals surface area contributed by atoms with Crippen molar-refractivity contribution in [1.82, 2.24) is 10.2 Å². The molecule has 0 saturated carbocycles. The monoisotopic (exact) mass is 541 g/mol. The van der Waals surface area contributed by atoms with Gasteiger partial charge in [0.2, 0.25) is 0 Å². The van der Waals surface area contributed by atoms with Crippen LogP contribution in [0.1, 0.15) is 65.7 Å². The maximum Gasteiger partial charge on any atom is 0.319 e. The van der Waals surface area contributed by atoms with Gasteiger partial charge in [0, 0.05) is 45.5 Å². The van der Waals surface area contributed by atoms with E-state index in [1.165, 1.54) is 11.1 Å². The summed E-state index contributed by atoms with van der Waals surface area (Å²) in [4.78, 5) is 32.3. The second-order valence-electron chi connectivity index (χ2n) is 10.9. The van der Waals surface area contributed by atoms with E-state index in [4.69, 9.17) is 5.73 Å². The lowest BCUT2D eigenvalue weighted by atomic mass is 9.93. The van der Waals surface area contributed by atoms with Gasteiger partial charge in [0.15, 0.2) is 0 Å². The minimum Gasteiger partial charge on any atom is -0.378 e. The minimum atomic E-state index is -0.538. The summed E-state index contributed by atoms with van der Waals surface area (Å²) < 4.78 is 0. The van der Waals surface area contributed by atoms with Crippen molar-refractivity contribution in [3.05, 3.63) is 95.1 Å². The molecular weight excluding hydrogens is 498 g/mol. The van der Waals surface area contributed by atoms with Crippen LogP contribution in [-0.2, 0) is 0 Å². The van der Waals surface area contributed by atoms with Crippen molar-refractivity contribution in [1.29, 1.82) is 0 Å². The number of rotatable bonds is 10. The Labute approximate surface area is 239 Å². The molecule has 1 saturated heterocycles. The van der Waals surface area contributed by atoms with Gasteiger partial charge in [-0.15, -0.1) is 0 Å². The van der Waals surface area contributed by atoms with E-state index in [1.54, 1.807) is 4.90 Å². The molecule has 7 heteroatoms. The van der Waals surface area contributed by atoms with Crippen LogP contribution in [0.25, 0.3) is 0 Å². The van der Waals surface area contributed by atoms with Crippen molar-refractivity contribution in [2.45, 2.75) is 51.6 Å². The fraction of sp³-hybridized carbons (Fsp3) is 0.394. The fourth-order valence-electron chi connectivity index (χ4n) is 5.65. The molecule has 0 aromatic heterocycles. The van der Waals surface area contributed by atoms with Gasteiger partial charge in [-0.2, -0.15) is 0 Å². The highest BCUT2D eigenvalue weighted by molar-refractivity contribution is 6.06. The van der Waals surface area contributed by atoms with Crippen LogP contribution >= 0.6 is 0 Å². The summed E-state index contributed by atoms with van der Waals surface area (Å²) in [5.41, 5.74) is 11.2. The lowest BCUT2D eigenvalue weighted by molar-refractivity contribution is 0.0901. The summed E-state index contributed by atoms with van der Waals surface area (Å²) in [5.74, 6) is -0.161. The van der Waals surface area contributed by atoms with Crippen LogP contribution in [0.4, 0.5) is 16.2 Å². The SMILES string of the molecule is CCCCN(C(N)=O)c1c(C)cc(N(C)C)cc1C(=O)NC1CCN(C(c2ccccc2)c2ccccc2)CC1. The number of hydrogen-bond acceptors (Lipinski definition) is 4. The average molecular weight is 542 g/mol. The number of carbonyl (C=O) groups is 2. The first-order valence-electron chi connectivity index (χ1n) is 14.3. The zero-order chi connectivity index (χ0) is 28.6. The van der Waals surface area contributed by atoms with Crippen LogP contribution in [0.15, 0.2) is 72.8 Å². The highest BCUT2D eigenvalue weighted by atomic mass is 16.2. The number of carbonyl (C=O) groups excluding carboxylic acids is 2. The largest absolute Gasteiger partial charge is 0.378 e. The molecule has 1 heterocycles. The topological polar surface area (TPSA) is 81.9 Å². The summed E-state index contributed by atoms with van der Waals surface area (Å²) in [6.45, 7) is 6.22. The number of urea groups is 1. The van der Waals surface area contributed by atoms with Crippen LogP contribution in [-0.4, -0.2) is 56.6 Å². The summed E-state index contributed by atoms with van der Waals surface area (Å²) in [6.07, 6.45) is 3.42. The van der Waals surface area contributed by atoms with E-state index >= 15 is 0 Å². The molecule has 1 aliphatic heterocycles. The number of benzene rings is 3. The van der Waals surface area contributed by atoms with Crippen LogP contribution < -0.4 is 20.9 Å². The van der Waals surface area contributed by atoms with Crippen molar-refractivity contribution in [3.63, 3.8) is 0 Å². The van der Waals surface area contributed by atoms with Crippen molar-refractivity contribution in [2.24, 2.45) is 5.73 Å². The van der Waals surface area contributed by atoms with Gasteiger partial charge >= 0.3 is 6.03 Å². The molecule has 3 aromatic rings. The molecule has 0 spiro atoms. The number of amides is 3. The maximum atomic E-state index is 13.8. The summed E-state index contributed by atoms with van der Waals surface area (Å²) in [5, 5.41) is 3.29. The molecule has 0 atom stereocenters. The number of nitrogens with two attached hydrogens (primary N) is 1. The standard InChI is InChI=1S/C33H43N5O2/c1-5-6-19-38(33(34)40)30-24(2)22-28(36(3)4)23-29(30)32(39)35-27-17-20-37(21-18-27)31(25-13-9-7-10-14-25)26-15-11-8-12-16-26/h7-16,22-23,27,31H,5-6,17-21H2,1-4H3,(H2,34,40)(H,35,39).